The van der Waals surface area contributed by atoms with Crippen LogP contribution in [0, 0.1) is 0 Å². The number of amides is 1. The van der Waals surface area contributed by atoms with Crippen LogP contribution in [-0.4, -0.2) is 35.1 Å². The van der Waals surface area contributed by atoms with Crippen molar-refractivity contribution in [2.45, 2.75) is 31.4 Å². The van der Waals surface area contributed by atoms with Gasteiger partial charge in [-0.05, 0) is 19.3 Å². The van der Waals surface area contributed by atoms with Gasteiger partial charge >= 0.3 is 0 Å². The number of nitrogen functional groups attached to an aromatic ring is 1. The number of aromatic nitrogens is 2. The predicted molar refractivity (Wildman–Crippen MR) is 62.3 cm³/mol. The number of carbonyl (C=O) groups is 1. The fourth-order valence-corrected chi connectivity index (χ4v) is 2.07. The Kier molecular flexibility index (Phi) is 3.53. The maximum atomic E-state index is 11.9. The number of anilines is 1. The molecule has 1 aromatic rings. The van der Waals surface area contributed by atoms with E-state index in [1.807, 2.05) is 0 Å². The van der Waals surface area contributed by atoms with Crippen LogP contribution < -0.4 is 11.1 Å². The molecule has 0 aliphatic heterocycles. The van der Waals surface area contributed by atoms with Gasteiger partial charge in [0.15, 0.2) is 0 Å². The second-order valence-electron chi connectivity index (χ2n) is 4.11. The van der Waals surface area contributed by atoms with E-state index in [2.05, 4.69) is 15.3 Å². The molecular formula is C11H16N4O2. The molecule has 1 aromatic heterocycles. The SMILES string of the molecule is COC1CCCC1NC(=O)c1cnc(N)cn1. The average molecular weight is 236 g/mol. The number of nitrogens with one attached hydrogen (secondary N) is 1. The number of carbonyl (C=O) groups excluding carboxylic acids is 1. The van der Waals surface area contributed by atoms with Gasteiger partial charge in [-0.25, -0.2) is 9.97 Å². The highest BCUT2D eigenvalue weighted by atomic mass is 16.5. The third-order valence-corrected chi connectivity index (χ3v) is 2.98. The molecule has 0 aromatic carbocycles. The minimum atomic E-state index is -0.230. The van der Waals surface area contributed by atoms with Gasteiger partial charge in [-0.1, -0.05) is 0 Å². The lowest BCUT2D eigenvalue weighted by Gasteiger charge is -2.19. The summed E-state index contributed by atoms with van der Waals surface area (Å²) < 4.78 is 5.31. The molecule has 3 N–H and O–H groups in total. The van der Waals surface area contributed by atoms with Gasteiger partial charge in [0.1, 0.15) is 11.5 Å². The zero-order valence-electron chi connectivity index (χ0n) is 9.72. The Balaban J connectivity index is 1.99. The summed E-state index contributed by atoms with van der Waals surface area (Å²) in [4.78, 5) is 19.6. The van der Waals surface area contributed by atoms with E-state index in [0.717, 1.165) is 19.3 Å². The first-order valence-corrected chi connectivity index (χ1v) is 5.62. The molecule has 2 unspecified atom stereocenters. The Hall–Kier alpha value is -1.69. The minimum absolute atomic E-state index is 0.0619. The zero-order valence-corrected chi connectivity index (χ0v) is 9.72. The molecule has 0 bridgehead atoms. The number of hydrogen-bond acceptors (Lipinski definition) is 5. The molecule has 1 fully saturated rings. The van der Waals surface area contributed by atoms with Gasteiger partial charge in [0.2, 0.25) is 0 Å². The maximum Gasteiger partial charge on any atom is 0.271 e. The molecule has 6 heteroatoms. The van der Waals surface area contributed by atoms with E-state index in [1.54, 1.807) is 7.11 Å². The summed E-state index contributed by atoms with van der Waals surface area (Å²) >= 11 is 0. The first-order valence-electron chi connectivity index (χ1n) is 5.62. The highest BCUT2D eigenvalue weighted by molar-refractivity contribution is 5.92. The summed E-state index contributed by atoms with van der Waals surface area (Å²) in [7, 11) is 1.66. The van der Waals surface area contributed by atoms with Crippen molar-refractivity contribution in [1.82, 2.24) is 15.3 Å². The second kappa shape index (κ2) is 5.09. The molecule has 2 atom stereocenters. The number of nitrogens with zero attached hydrogens (tertiary/aromatic N) is 2. The van der Waals surface area contributed by atoms with Crippen molar-refractivity contribution in [3.63, 3.8) is 0 Å². The van der Waals surface area contributed by atoms with Crippen molar-refractivity contribution in [3.8, 4) is 0 Å². The van der Waals surface area contributed by atoms with E-state index < -0.39 is 0 Å². The van der Waals surface area contributed by atoms with Gasteiger partial charge < -0.3 is 15.8 Å². The Morgan fingerprint density at radius 3 is 2.94 bits per heavy atom. The fourth-order valence-electron chi connectivity index (χ4n) is 2.07. The highest BCUT2D eigenvalue weighted by Crippen LogP contribution is 2.21. The van der Waals surface area contributed by atoms with Crippen LogP contribution in [0.15, 0.2) is 12.4 Å². The lowest BCUT2D eigenvalue weighted by molar-refractivity contribution is 0.0719. The molecule has 1 heterocycles. The normalized spacial score (nSPS) is 23.6. The summed E-state index contributed by atoms with van der Waals surface area (Å²) in [5.41, 5.74) is 5.69. The molecule has 17 heavy (non-hydrogen) atoms. The fraction of sp³-hybridized carbons (Fsp3) is 0.545. The van der Waals surface area contributed by atoms with Crippen LogP contribution in [0.3, 0.4) is 0 Å². The van der Waals surface area contributed by atoms with E-state index in [9.17, 15) is 4.79 Å². The van der Waals surface area contributed by atoms with Crippen LogP contribution in [0.25, 0.3) is 0 Å². The van der Waals surface area contributed by atoms with Gasteiger partial charge in [-0.3, -0.25) is 4.79 Å². The van der Waals surface area contributed by atoms with Crippen molar-refractivity contribution >= 4 is 11.7 Å². The Bertz CT molecular complexity index is 393. The number of rotatable bonds is 3. The Morgan fingerprint density at radius 1 is 1.47 bits per heavy atom. The summed E-state index contributed by atoms with van der Waals surface area (Å²) in [6.45, 7) is 0. The van der Waals surface area contributed by atoms with E-state index in [1.165, 1.54) is 12.4 Å². The van der Waals surface area contributed by atoms with Gasteiger partial charge in [-0.2, -0.15) is 0 Å². The molecule has 0 radical (unpaired) electrons. The van der Waals surface area contributed by atoms with E-state index in [0.29, 0.717) is 5.82 Å². The smallest absolute Gasteiger partial charge is 0.271 e. The third kappa shape index (κ3) is 2.71. The molecule has 1 aliphatic rings. The molecule has 1 saturated carbocycles. The van der Waals surface area contributed by atoms with Crippen molar-refractivity contribution < 1.29 is 9.53 Å². The number of methoxy groups -OCH3 is 1. The summed E-state index contributed by atoms with van der Waals surface area (Å²) in [5.74, 6) is 0.0728. The summed E-state index contributed by atoms with van der Waals surface area (Å²) in [6, 6.07) is 0.0619. The molecular weight excluding hydrogens is 220 g/mol. The average Bonchev–Trinajstić information content (AvgIpc) is 2.77. The molecule has 6 nitrogen and oxygen atoms in total. The highest BCUT2D eigenvalue weighted by Gasteiger charge is 2.28. The first kappa shape index (κ1) is 11.8. The van der Waals surface area contributed by atoms with Crippen LogP contribution in [0.1, 0.15) is 29.8 Å². The number of hydrogen-bond donors (Lipinski definition) is 2. The predicted octanol–water partition coefficient (Wildman–Crippen LogP) is 0.356. The van der Waals surface area contributed by atoms with Gasteiger partial charge in [0, 0.05) is 7.11 Å². The lowest BCUT2D eigenvalue weighted by Crippen LogP contribution is -2.41. The Labute approximate surface area is 99.6 Å². The lowest BCUT2D eigenvalue weighted by atomic mass is 10.2. The Morgan fingerprint density at radius 2 is 2.29 bits per heavy atom. The molecule has 2 rings (SSSR count). The topological polar surface area (TPSA) is 90.1 Å². The van der Waals surface area contributed by atoms with Gasteiger partial charge in [0.25, 0.3) is 5.91 Å². The molecule has 1 amide bonds. The van der Waals surface area contributed by atoms with Crippen molar-refractivity contribution in [1.29, 1.82) is 0 Å². The number of ether oxygens (including phenoxy) is 1. The van der Waals surface area contributed by atoms with E-state index in [4.69, 9.17) is 10.5 Å². The summed E-state index contributed by atoms with van der Waals surface area (Å²) in [5, 5.41) is 2.91. The van der Waals surface area contributed by atoms with Crippen molar-refractivity contribution in [2.24, 2.45) is 0 Å². The van der Waals surface area contributed by atoms with Crippen LogP contribution in [-0.2, 0) is 4.74 Å². The van der Waals surface area contributed by atoms with Crippen LogP contribution in [0.4, 0.5) is 5.82 Å². The summed E-state index contributed by atoms with van der Waals surface area (Å²) in [6.07, 6.45) is 5.83. The monoisotopic (exact) mass is 236 g/mol. The van der Waals surface area contributed by atoms with Crippen LogP contribution in [0.5, 0.6) is 0 Å². The number of nitrogens with two attached hydrogens (primary N) is 1. The van der Waals surface area contributed by atoms with Crippen molar-refractivity contribution in [3.05, 3.63) is 18.1 Å². The quantitative estimate of drug-likeness (QED) is 0.790. The van der Waals surface area contributed by atoms with E-state index in [-0.39, 0.29) is 23.7 Å². The maximum absolute atomic E-state index is 11.9. The zero-order chi connectivity index (χ0) is 12.3. The molecule has 0 spiro atoms. The van der Waals surface area contributed by atoms with E-state index >= 15 is 0 Å². The van der Waals surface area contributed by atoms with Gasteiger partial charge in [-0.15, -0.1) is 0 Å². The molecule has 92 valence electrons. The molecule has 0 saturated heterocycles. The third-order valence-electron chi connectivity index (χ3n) is 2.98. The van der Waals surface area contributed by atoms with Crippen molar-refractivity contribution in [2.75, 3.05) is 12.8 Å². The minimum Gasteiger partial charge on any atom is -0.382 e. The van der Waals surface area contributed by atoms with Crippen LogP contribution in [0.2, 0.25) is 0 Å². The first-order chi connectivity index (χ1) is 8.20. The van der Waals surface area contributed by atoms with Gasteiger partial charge in [0.05, 0.1) is 24.5 Å². The largest absolute Gasteiger partial charge is 0.382 e. The standard InChI is InChI=1S/C11H16N4O2/c1-17-9-4-2-3-7(9)15-11(16)8-5-14-10(12)6-13-8/h5-7,9H,2-4H2,1H3,(H2,12,14)(H,15,16). The molecule has 1 aliphatic carbocycles. The van der Waals surface area contributed by atoms with Crippen LogP contribution >= 0.6 is 0 Å². The second-order valence-corrected chi connectivity index (χ2v) is 4.11.